The number of nitrogens with zero attached hydrogens (tertiary/aromatic N) is 5. The molecule has 6 heterocycles. The lowest BCUT2D eigenvalue weighted by Gasteiger charge is -2.13. The van der Waals surface area contributed by atoms with Crippen molar-refractivity contribution in [2.45, 2.75) is 0 Å². The van der Waals surface area contributed by atoms with Crippen LogP contribution in [0, 0.1) is 0 Å². The molecule has 0 atom stereocenters. The molecule has 0 fully saturated rings. The summed E-state index contributed by atoms with van der Waals surface area (Å²) in [6.45, 7) is 0. The zero-order valence-corrected chi connectivity index (χ0v) is 26.6. The molecule has 0 unspecified atom stereocenters. The van der Waals surface area contributed by atoms with Gasteiger partial charge in [-0.2, -0.15) is 0 Å². The van der Waals surface area contributed by atoms with Gasteiger partial charge < -0.3 is 9.30 Å². The zero-order chi connectivity index (χ0) is 32.5. The summed E-state index contributed by atoms with van der Waals surface area (Å²) in [5.41, 5.74) is 8.80. The Balaban J connectivity index is 1.06. The maximum Gasteiger partial charge on any atom is 0.145 e. The standard InChI is InChI=1S/C44H25N5O/c1-2-8-26(9-3-1)48-37-14-5-4-10-35(37)40-38(48)20-19-33-29-17-15-27(24-36(29)43-46-22-23-47(43)42(33)40)50-28-16-18-30-31-11-6-12-32-34-13-7-21-45-44(34)49(41(31)32)39(30)25-28/h1-25H. The molecule has 0 aliphatic carbocycles. The number of pyridine rings is 2. The van der Waals surface area contributed by atoms with Gasteiger partial charge in [0.2, 0.25) is 0 Å². The molecule has 232 valence electrons. The van der Waals surface area contributed by atoms with Crippen molar-refractivity contribution in [3.8, 4) is 17.2 Å². The Morgan fingerprint density at radius 3 is 2.08 bits per heavy atom. The van der Waals surface area contributed by atoms with E-state index in [1.807, 2.05) is 18.5 Å². The molecule has 50 heavy (non-hydrogen) atoms. The molecule has 0 saturated carbocycles. The summed E-state index contributed by atoms with van der Waals surface area (Å²) in [4.78, 5) is 9.68. The van der Waals surface area contributed by atoms with Gasteiger partial charge in [0, 0.05) is 73.4 Å². The molecule has 6 aromatic carbocycles. The minimum absolute atomic E-state index is 0.764. The van der Waals surface area contributed by atoms with Crippen molar-refractivity contribution in [3.05, 3.63) is 152 Å². The summed E-state index contributed by atoms with van der Waals surface area (Å²) in [7, 11) is 0. The molecule has 0 aliphatic rings. The molecule has 0 spiro atoms. The van der Waals surface area contributed by atoms with E-state index in [9.17, 15) is 0 Å². The first-order chi connectivity index (χ1) is 24.8. The number of fused-ring (bicyclic) bond motifs is 16. The largest absolute Gasteiger partial charge is 0.457 e. The van der Waals surface area contributed by atoms with Crippen molar-refractivity contribution in [2.75, 3.05) is 0 Å². The van der Waals surface area contributed by atoms with Crippen LogP contribution >= 0.6 is 0 Å². The van der Waals surface area contributed by atoms with E-state index in [0.29, 0.717) is 0 Å². The second-order valence-electron chi connectivity index (χ2n) is 13.1. The molecule has 12 aromatic rings. The first-order valence-electron chi connectivity index (χ1n) is 16.8. The van der Waals surface area contributed by atoms with E-state index >= 15 is 0 Å². The highest BCUT2D eigenvalue weighted by Gasteiger charge is 2.21. The van der Waals surface area contributed by atoms with Crippen molar-refractivity contribution in [1.82, 2.24) is 23.3 Å². The van der Waals surface area contributed by atoms with Crippen molar-refractivity contribution < 1.29 is 4.74 Å². The molecular formula is C44H25N5O. The summed E-state index contributed by atoms with van der Waals surface area (Å²) >= 11 is 0. The Morgan fingerprint density at radius 2 is 1.16 bits per heavy atom. The van der Waals surface area contributed by atoms with E-state index in [2.05, 4.69) is 147 Å². The Labute approximate surface area is 284 Å². The third-order valence-corrected chi connectivity index (χ3v) is 10.5. The average Bonchev–Trinajstić information content (AvgIpc) is 3.94. The lowest BCUT2D eigenvalue weighted by atomic mass is 10.0. The van der Waals surface area contributed by atoms with E-state index in [-0.39, 0.29) is 0 Å². The van der Waals surface area contributed by atoms with Gasteiger partial charge in [0.1, 0.15) is 22.8 Å². The summed E-state index contributed by atoms with van der Waals surface area (Å²) in [5.74, 6) is 1.54. The second kappa shape index (κ2) is 9.36. The highest BCUT2D eigenvalue weighted by atomic mass is 16.5. The Hall–Kier alpha value is -6.92. The van der Waals surface area contributed by atoms with Crippen molar-refractivity contribution in [3.63, 3.8) is 0 Å². The second-order valence-corrected chi connectivity index (χ2v) is 13.1. The van der Waals surface area contributed by atoms with Crippen LogP contribution < -0.4 is 4.74 Å². The van der Waals surface area contributed by atoms with Crippen LogP contribution in [0.1, 0.15) is 0 Å². The Bertz CT molecular complexity index is 3350. The minimum Gasteiger partial charge on any atom is -0.457 e. The maximum atomic E-state index is 6.64. The predicted octanol–water partition coefficient (Wildman–Crippen LogP) is 11.1. The topological polar surface area (TPSA) is 48.8 Å². The van der Waals surface area contributed by atoms with Crippen LogP contribution in [0.5, 0.6) is 11.5 Å². The van der Waals surface area contributed by atoms with Gasteiger partial charge in [-0.15, -0.1) is 0 Å². The zero-order valence-electron chi connectivity index (χ0n) is 26.6. The molecule has 0 amide bonds. The van der Waals surface area contributed by atoms with E-state index in [0.717, 1.165) is 55.7 Å². The quantitative estimate of drug-likeness (QED) is 0.181. The van der Waals surface area contributed by atoms with Gasteiger partial charge in [-0.1, -0.05) is 60.7 Å². The van der Waals surface area contributed by atoms with E-state index in [1.54, 1.807) is 0 Å². The van der Waals surface area contributed by atoms with E-state index in [1.165, 1.54) is 48.9 Å². The normalized spacial score (nSPS) is 12.4. The summed E-state index contributed by atoms with van der Waals surface area (Å²) in [5, 5.41) is 10.6. The number of hydrogen-bond donors (Lipinski definition) is 0. The molecule has 0 radical (unpaired) electrons. The summed E-state index contributed by atoms with van der Waals surface area (Å²) in [6, 6.07) is 47.2. The van der Waals surface area contributed by atoms with Crippen LogP contribution in [0.3, 0.4) is 0 Å². The van der Waals surface area contributed by atoms with Gasteiger partial charge in [-0.3, -0.25) is 8.80 Å². The number of imidazole rings is 1. The lowest BCUT2D eigenvalue weighted by Crippen LogP contribution is -1.95. The number of benzene rings is 6. The van der Waals surface area contributed by atoms with Gasteiger partial charge in [-0.05, 0) is 72.1 Å². The highest BCUT2D eigenvalue weighted by molar-refractivity contribution is 6.26. The van der Waals surface area contributed by atoms with Crippen molar-refractivity contribution in [2.24, 2.45) is 0 Å². The highest BCUT2D eigenvalue weighted by Crippen LogP contribution is 2.42. The van der Waals surface area contributed by atoms with Crippen LogP contribution in [-0.2, 0) is 0 Å². The van der Waals surface area contributed by atoms with E-state index < -0.39 is 0 Å². The third-order valence-electron chi connectivity index (χ3n) is 10.5. The van der Waals surface area contributed by atoms with Gasteiger partial charge in [0.05, 0.1) is 27.6 Å². The van der Waals surface area contributed by atoms with Gasteiger partial charge >= 0.3 is 0 Å². The number of ether oxygens (including phenoxy) is 1. The fraction of sp³-hybridized carbons (Fsp3) is 0. The number of para-hydroxylation sites is 3. The van der Waals surface area contributed by atoms with Gasteiger partial charge in [-0.25, -0.2) is 9.97 Å². The molecule has 0 N–H and O–H groups in total. The van der Waals surface area contributed by atoms with Crippen LogP contribution in [0.25, 0.3) is 93.0 Å². The Kier molecular flexibility index (Phi) is 4.89. The summed E-state index contributed by atoms with van der Waals surface area (Å²) in [6.07, 6.45) is 5.84. The summed E-state index contributed by atoms with van der Waals surface area (Å²) < 4.78 is 13.5. The van der Waals surface area contributed by atoms with Crippen LogP contribution in [0.15, 0.2) is 152 Å². The van der Waals surface area contributed by atoms with Crippen LogP contribution in [0.4, 0.5) is 0 Å². The van der Waals surface area contributed by atoms with Crippen molar-refractivity contribution in [1.29, 1.82) is 0 Å². The van der Waals surface area contributed by atoms with Crippen LogP contribution in [0.2, 0.25) is 0 Å². The SMILES string of the molecule is c1ccc(-n2c3ccccc3c3c2ccc2c4ccc(Oc5ccc6c7cccc8c9cccnc9n(c6c5)c78)cc4c4nccn4c23)cc1. The smallest absolute Gasteiger partial charge is 0.145 e. The molecular weight excluding hydrogens is 615 g/mol. The van der Waals surface area contributed by atoms with Gasteiger partial charge in [0.25, 0.3) is 0 Å². The van der Waals surface area contributed by atoms with Gasteiger partial charge in [0.15, 0.2) is 0 Å². The molecule has 0 saturated heterocycles. The molecule has 0 aliphatic heterocycles. The fourth-order valence-corrected chi connectivity index (χ4v) is 8.52. The maximum absolute atomic E-state index is 6.64. The fourth-order valence-electron chi connectivity index (χ4n) is 8.52. The molecule has 12 rings (SSSR count). The first kappa shape index (κ1) is 26.1. The molecule has 6 nitrogen and oxygen atoms in total. The van der Waals surface area contributed by atoms with E-state index in [4.69, 9.17) is 14.7 Å². The molecule has 0 bridgehead atoms. The predicted molar refractivity (Wildman–Crippen MR) is 204 cm³/mol. The number of aromatic nitrogens is 5. The van der Waals surface area contributed by atoms with Crippen LogP contribution in [-0.4, -0.2) is 23.3 Å². The first-order valence-corrected chi connectivity index (χ1v) is 16.8. The molecule has 6 heteroatoms. The monoisotopic (exact) mass is 639 g/mol. The average molecular weight is 640 g/mol. The number of rotatable bonds is 3. The number of hydrogen-bond acceptors (Lipinski definition) is 3. The minimum atomic E-state index is 0.764. The van der Waals surface area contributed by atoms with Crippen molar-refractivity contribution >= 4 is 87.4 Å². The Morgan fingerprint density at radius 1 is 0.440 bits per heavy atom. The third kappa shape index (κ3) is 3.27. The molecule has 6 aromatic heterocycles. The lowest BCUT2D eigenvalue weighted by molar-refractivity contribution is 0.484.